The number of alkyl halides is 3. The van der Waals surface area contributed by atoms with Gasteiger partial charge in [-0.2, -0.15) is 13.2 Å². The molecule has 10 heteroatoms. The first-order valence-electron chi connectivity index (χ1n) is 9.12. The van der Waals surface area contributed by atoms with Gasteiger partial charge in [0, 0.05) is 24.2 Å². The molecular weight excluding hydrogens is 399 g/mol. The number of rotatable bonds is 3. The first kappa shape index (κ1) is 20.0. The highest BCUT2D eigenvalue weighted by atomic mass is 19.4. The summed E-state index contributed by atoms with van der Waals surface area (Å²) in [5, 5.41) is 0.740. The number of carbonyl (C=O) groups is 1. The number of hydrogen-bond acceptors (Lipinski definition) is 6. The number of nitrogens with two attached hydrogens (primary N) is 1. The highest BCUT2D eigenvalue weighted by molar-refractivity contribution is 5.97. The Labute approximate surface area is 169 Å². The van der Waals surface area contributed by atoms with E-state index in [1.165, 1.54) is 17.2 Å². The van der Waals surface area contributed by atoms with Crippen LogP contribution in [0, 0.1) is 0 Å². The zero-order chi connectivity index (χ0) is 21.6. The third kappa shape index (κ3) is 3.43. The Morgan fingerprint density at radius 3 is 2.60 bits per heavy atom. The second kappa shape index (κ2) is 7.21. The van der Waals surface area contributed by atoms with Crippen molar-refractivity contribution in [2.24, 2.45) is 0 Å². The predicted molar refractivity (Wildman–Crippen MR) is 102 cm³/mol. The summed E-state index contributed by atoms with van der Waals surface area (Å²) in [5.74, 6) is -0.00872. The van der Waals surface area contributed by atoms with E-state index in [0.717, 1.165) is 28.8 Å². The highest BCUT2D eigenvalue weighted by Gasteiger charge is 2.31. The molecule has 0 aromatic carbocycles. The maximum Gasteiger partial charge on any atom is 0.417 e. The van der Waals surface area contributed by atoms with Gasteiger partial charge >= 0.3 is 6.18 Å². The van der Waals surface area contributed by atoms with Gasteiger partial charge < -0.3 is 15.4 Å². The fraction of sp³-hybridized carbons (Fsp3) is 0.300. The van der Waals surface area contributed by atoms with Crippen LogP contribution in [0.25, 0.3) is 10.9 Å². The van der Waals surface area contributed by atoms with Crippen molar-refractivity contribution >= 4 is 22.6 Å². The third-order valence-corrected chi connectivity index (χ3v) is 5.28. The van der Waals surface area contributed by atoms with Crippen LogP contribution in [-0.2, 0) is 24.1 Å². The number of fused-ring (bicyclic) bond motifs is 3. The van der Waals surface area contributed by atoms with Crippen molar-refractivity contribution in [1.29, 1.82) is 0 Å². The molecular formula is C20H18F3N5O2. The Morgan fingerprint density at radius 2 is 1.93 bits per heavy atom. The number of nitrogens with zero attached hydrogens (tertiary/aromatic N) is 4. The molecule has 0 spiro atoms. The third-order valence-electron chi connectivity index (χ3n) is 5.28. The molecule has 0 fully saturated rings. The number of amides is 1. The van der Waals surface area contributed by atoms with Gasteiger partial charge in [0.25, 0.3) is 5.91 Å². The van der Waals surface area contributed by atoms with Crippen molar-refractivity contribution in [3.63, 3.8) is 0 Å². The van der Waals surface area contributed by atoms with E-state index in [1.807, 2.05) is 0 Å². The van der Waals surface area contributed by atoms with E-state index in [2.05, 4.69) is 15.0 Å². The van der Waals surface area contributed by atoms with Crippen LogP contribution in [-0.4, -0.2) is 32.8 Å². The minimum absolute atomic E-state index is 0.185. The molecule has 1 aliphatic rings. The van der Waals surface area contributed by atoms with Gasteiger partial charge in [0.05, 0.1) is 42.2 Å². The number of halogens is 3. The van der Waals surface area contributed by atoms with E-state index in [-0.39, 0.29) is 5.69 Å². The monoisotopic (exact) mass is 417 g/mol. The second-order valence-corrected chi connectivity index (χ2v) is 7.10. The number of pyridine rings is 3. The highest BCUT2D eigenvalue weighted by Crippen LogP contribution is 2.32. The van der Waals surface area contributed by atoms with Gasteiger partial charge in [0.2, 0.25) is 0 Å². The van der Waals surface area contributed by atoms with Crippen LogP contribution in [0.5, 0.6) is 0 Å². The average Bonchev–Trinajstić information content (AvgIpc) is 3.22. The van der Waals surface area contributed by atoms with Crippen LogP contribution in [0.15, 0.2) is 30.6 Å². The maximum atomic E-state index is 13.0. The Hall–Kier alpha value is -3.27. The van der Waals surface area contributed by atoms with Gasteiger partial charge in [-0.05, 0) is 30.7 Å². The lowest BCUT2D eigenvalue weighted by Crippen LogP contribution is -2.30. The molecule has 4 heterocycles. The molecule has 1 atom stereocenters. The predicted octanol–water partition coefficient (Wildman–Crippen LogP) is 3.49. The molecule has 0 saturated heterocycles. The van der Waals surface area contributed by atoms with Gasteiger partial charge in [-0.3, -0.25) is 9.78 Å². The van der Waals surface area contributed by atoms with Crippen LogP contribution in [0.2, 0.25) is 0 Å². The molecule has 4 rings (SSSR count). The van der Waals surface area contributed by atoms with Crippen molar-refractivity contribution in [3.8, 4) is 0 Å². The molecule has 0 aliphatic carbocycles. The van der Waals surface area contributed by atoms with E-state index < -0.39 is 23.7 Å². The van der Waals surface area contributed by atoms with Gasteiger partial charge in [-0.1, -0.05) is 0 Å². The fourth-order valence-corrected chi connectivity index (χ4v) is 3.37. The van der Waals surface area contributed by atoms with Crippen LogP contribution < -0.4 is 5.73 Å². The number of aromatic nitrogens is 3. The Kier molecular flexibility index (Phi) is 4.81. The Morgan fingerprint density at radius 1 is 1.20 bits per heavy atom. The molecule has 2 N–H and O–H groups in total. The van der Waals surface area contributed by atoms with Gasteiger partial charge in [-0.15, -0.1) is 0 Å². The lowest BCUT2D eigenvalue weighted by molar-refractivity contribution is -0.137. The standard InChI is InChI=1S/C20H18F3N5O2/c1-10(15-4-3-11(6-25-15)20(21,22)23)28(2)19(29)16-5-12-13-8-30-9-14(13)18(24)27-17(12)7-26-16/h3-7,10H,8-9H2,1-2H3,(H2,24,27)/t10-/m0/s1. The second-order valence-electron chi connectivity index (χ2n) is 7.10. The summed E-state index contributed by atoms with van der Waals surface area (Å²) in [6, 6.07) is 3.30. The smallest absolute Gasteiger partial charge is 0.383 e. The fourth-order valence-electron chi connectivity index (χ4n) is 3.37. The van der Waals surface area contributed by atoms with E-state index >= 15 is 0 Å². The van der Waals surface area contributed by atoms with Crippen LogP contribution in [0.3, 0.4) is 0 Å². The summed E-state index contributed by atoms with van der Waals surface area (Å²) >= 11 is 0. The minimum Gasteiger partial charge on any atom is -0.383 e. The molecule has 0 unspecified atom stereocenters. The maximum absolute atomic E-state index is 13.0. The molecule has 156 valence electrons. The van der Waals surface area contributed by atoms with Gasteiger partial charge in [-0.25, -0.2) is 9.97 Å². The first-order chi connectivity index (χ1) is 14.2. The van der Waals surface area contributed by atoms with E-state index in [9.17, 15) is 18.0 Å². The van der Waals surface area contributed by atoms with Crippen molar-refractivity contribution in [1.82, 2.24) is 19.9 Å². The molecule has 7 nitrogen and oxygen atoms in total. The van der Waals surface area contributed by atoms with E-state index in [4.69, 9.17) is 10.5 Å². The molecule has 1 amide bonds. The van der Waals surface area contributed by atoms with Crippen molar-refractivity contribution in [3.05, 3.63) is 58.7 Å². The molecule has 0 radical (unpaired) electrons. The number of ether oxygens (including phenoxy) is 1. The molecule has 30 heavy (non-hydrogen) atoms. The summed E-state index contributed by atoms with van der Waals surface area (Å²) in [6.07, 6.45) is -2.23. The summed E-state index contributed by atoms with van der Waals surface area (Å²) in [6.45, 7) is 2.42. The van der Waals surface area contributed by atoms with Crippen molar-refractivity contribution < 1.29 is 22.7 Å². The summed E-state index contributed by atoms with van der Waals surface area (Å²) in [4.78, 5) is 26.7. The normalized spacial score (nSPS) is 14.6. The molecule has 0 bridgehead atoms. The number of carbonyl (C=O) groups excluding carboxylic acids is 1. The van der Waals surface area contributed by atoms with Crippen LogP contribution in [0.4, 0.5) is 19.0 Å². The molecule has 3 aromatic heterocycles. The van der Waals surface area contributed by atoms with Crippen LogP contribution in [0.1, 0.15) is 45.8 Å². The number of hydrogen-bond donors (Lipinski definition) is 1. The van der Waals surface area contributed by atoms with E-state index in [1.54, 1.807) is 20.0 Å². The van der Waals surface area contributed by atoms with Crippen LogP contribution >= 0.6 is 0 Å². The van der Waals surface area contributed by atoms with Gasteiger partial charge in [0.1, 0.15) is 11.5 Å². The number of anilines is 1. The first-order valence-corrected chi connectivity index (χ1v) is 9.12. The lowest BCUT2D eigenvalue weighted by atomic mass is 10.1. The van der Waals surface area contributed by atoms with Gasteiger partial charge in [0.15, 0.2) is 0 Å². The van der Waals surface area contributed by atoms with E-state index in [0.29, 0.717) is 30.2 Å². The summed E-state index contributed by atoms with van der Waals surface area (Å²) < 4.78 is 43.7. The molecule has 1 aliphatic heterocycles. The summed E-state index contributed by atoms with van der Waals surface area (Å²) in [7, 11) is 1.55. The quantitative estimate of drug-likeness (QED) is 0.701. The SMILES string of the molecule is C[C@@H](c1ccc(C(F)(F)F)cn1)N(C)C(=O)c1cc2c3c(c(N)nc2cn1)COC3. The largest absolute Gasteiger partial charge is 0.417 e. The zero-order valence-corrected chi connectivity index (χ0v) is 16.2. The number of nitrogen functional groups attached to an aromatic ring is 1. The molecule has 0 saturated carbocycles. The topological polar surface area (TPSA) is 94.2 Å². The van der Waals surface area contributed by atoms with Crippen molar-refractivity contribution in [2.75, 3.05) is 12.8 Å². The average molecular weight is 417 g/mol. The summed E-state index contributed by atoms with van der Waals surface area (Å²) in [5.41, 5.74) is 7.89. The Balaban J connectivity index is 1.62. The zero-order valence-electron chi connectivity index (χ0n) is 16.2. The minimum atomic E-state index is -4.47. The molecule has 3 aromatic rings. The van der Waals surface area contributed by atoms with Crippen molar-refractivity contribution in [2.45, 2.75) is 32.4 Å². The Bertz CT molecular complexity index is 1130. The lowest BCUT2D eigenvalue weighted by Gasteiger charge is -2.24.